The first-order chi connectivity index (χ1) is 16.3. The molecule has 1 heterocycles. The summed E-state index contributed by atoms with van der Waals surface area (Å²) in [5.41, 5.74) is 2.23. The van der Waals surface area contributed by atoms with Crippen molar-refractivity contribution in [1.82, 2.24) is 15.5 Å². The van der Waals surface area contributed by atoms with E-state index >= 15 is 0 Å². The van der Waals surface area contributed by atoms with Crippen molar-refractivity contribution < 1.29 is 18.8 Å². The molecule has 2 N–H and O–H groups in total. The number of halogens is 1. The number of carbonyl (C=O) groups is 3. The molecule has 2 atom stereocenters. The van der Waals surface area contributed by atoms with Gasteiger partial charge in [-0.15, -0.1) is 0 Å². The lowest BCUT2D eigenvalue weighted by atomic mass is 9.87. The molecule has 4 rings (SSSR count). The zero-order valence-electron chi connectivity index (χ0n) is 19.0. The molecule has 1 fully saturated rings. The molecule has 0 radical (unpaired) electrons. The molecule has 0 spiro atoms. The minimum atomic E-state index is -1.32. The Morgan fingerprint density at radius 3 is 2.21 bits per heavy atom. The van der Waals surface area contributed by atoms with Crippen LogP contribution in [0, 0.1) is 5.82 Å². The Balaban J connectivity index is 1.42. The van der Waals surface area contributed by atoms with Gasteiger partial charge in [0.25, 0.3) is 5.91 Å². The van der Waals surface area contributed by atoms with Crippen molar-refractivity contribution in [2.24, 2.45) is 0 Å². The summed E-state index contributed by atoms with van der Waals surface area (Å²) in [4.78, 5) is 39.4. The molecule has 6 nitrogen and oxygen atoms in total. The van der Waals surface area contributed by atoms with Crippen LogP contribution in [0.3, 0.4) is 0 Å². The van der Waals surface area contributed by atoms with Gasteiger partial charge in [0.2, 0.25) is 5.91 Å². The van der Waals surface area contributed by atoms with Crippen LogP contribution in [0.25, 0.3) is 11.1 Å². The highest BCUT2D eigenvalue weighted by molar-refractivity contribution is 6.09. The second-order valence-electron chi connectivity index (χ2n) is 8.36. The summed E-state index contributed by atoms with van der Waals surface area (Å²) in [6.07, 6.45) is 0.269. The van der Waals surface area contributed by atoms with Gasteiger partial charge in [-0.25, -0.2) is 9.18 Å². The van der Waals surface area contributed by atoms with Crippen LogP contribution in [0.15, 0.2) is 78.9 Å². The van der Waals surface area contributed by atoms with Gasteiger partial charge in [-0.3, -0.25) is 14.5 Å². The molecule has 174 valence electrons. The maximum Gasteiger partial charge on any atom is 0.325 e. The van der Waals surface area contributed by atoms with Crippen LogP contribution >= 0.6 is 0 Å². The topological polar surface area (TPSA) is 78.5 Å². The van der Waals surface area contributed by atoms with Crippen LogP contribution in [0.5, 0.6) is 0 Å². The van der Waals surface area contributed by atoms with Gasteiger partial charge in [-0.1, -0.05) is 73.7 Å². The first kappa shape index (κ1) is 23.2. The molecule has 0 aromatic heterocycles. The maximum atomic E-state index is 13.4. The fourth-order valence-corrected chi connectivity index (χ4v) is 4.25. The number of benzene rings is 3. The quantitative estimate of drug-likeness (QED) is 0.510. The van der Waals surface area contributed by atoms with Crippen molar-refractivity contribution in [2.75, 3.05) is 6.54 Å². The van der Waals surface area contributed by atoms with E-state index < -0.39 is 35.7 Å². The number of urea groups is 1. The Hall–Kier alpha value is -4.00. The highest BCUT2D eigenvalue weighted by Crippen LogP contribution is 2.32. The highest BCUT2D eigenvalue weighted by atomic mass is 19.1. The molecule has 1 aliphatic heterocycles. The number of imide groups is 1. The zero-order chi connectivity index (χ0) is 24.3. The first-order valence-corrected chi connectivity index (χ1v) is 11.2. The van der Waals surface area contributed by atoms with Gasteiger partial charge in [0.1, 0.15) is 17.9 Å². The summed E-state index contributed by atoms with van der Waals surface area (Å²) in [6.45, 7) is 3.20. The van der Waals surface area contributed by atoms with Crippen LogP contribution in [0.2, 0.25) is 0 Å². The predicted molar refractivity (Wildman–Crippen MR) is 127 cm³/mol. The van der Waals surface area contributed by atoms with Gasteiger partial charge in [0.05, 0.1) is 6.04 Å². The van der Waals surface area contributed by atoms with E-state index in [2.05, 4.69) is 10.6 Å². The molecule has 7 heteroatoms. The Morgan fingerprint density at radius 2 is 1.59 bits per heavy atom. The summed E-state index contributed by atoms with van der Waals surface area (Å²) < 4.78 is 13.4. The first-order valence-electron chi connectivity index (χ1n) is 11.2. The van der Waals surface area contributed by atoms with Gasteiger partial charge in [0, 0.05) is 0 Å². The lowest BCUT2D eigenvalue weighted by Gasteiger charge is -2.25. The third kappa shape index (κ3) is 4.41. The van der Waals surface area contributed by atoms with Crippen LogP contribution in [-0.4, -0.2) is 29.3 Å². The van der Waals surface area contributed by atoms with Crippen molar-refractivity contribution in [3.63, 3.8) is 0 Å². The Bertz CT molecular complexity index is 1200. The predicted octanol–water partition coefficient (Wildman–Crippen LogP) is 4.53. The molecule has 1 saturated heterocycles. The Morgan fingerprint density at radius 1 is 0.971 bits per heavy atom. The molecule has 4 amide bonds. The molecule has 34 heavy (non-hydrogen) atoms. The summed E-state index contributed by atoms with van der Waals surface area (Å²) in [6, 6.07) is 22.3. The number of carbonyl (C=O) groups excluding carboxylic acids is 3. The molecule has 0 saturated carbocycles. The van der Waals surface area contributed by atoms with Crippen molar-refractivity contribution >= 4 is 17.8 Å². The molecule has 3 aromatic carbocycles. The number of hydrogen-bond acceptors (Lipinski definition) is 3. The SMILES string of the molecule is CC[C@]1(c2ccc(F)cc2)NC(=O)N(CC(=O)N[C@H](C)c2ccc(-c3ccccc3)cc2)C1=O. The minimum Gasteiger partial charge on any atom is -0.348 e. The average molecular weight is 460 g/mol. The average Bonchev–Trinajstić information content (AvgIpc) is 3.10. The van der Waals surface area contributed by atoms with E-state index in [9.17, 15) is 18.8 Å². The van der Waals surface area contributed by atoms with Crippen LogP contribution in [-0.2, 0) is 15.1 Å². The minimum absolute atomic E-state index is 0.269. The van der Waals surface area contributed by atoms with Gasteiger partial charge < -0.3 is 10.6 Å². The Kier molecular flexibility index (Phi) is 6.45. The van der Waals surface area contributed by atoms with E-state index in [1.54, 1.807) is 6.92 Å². The number of hydrogen-bond donors (Lipinski definition) is 2. The van der Waals surface area contributed by atoms with Crippen LogP contribution in [0.4, 0.5) is 9.18 Å². The van der Waals surface area contributed by atoms with Crippen LogP contribution in [0.1, 0.15) is 37.4 Å². The summed E-state index contributed by atoms with van der Waals surface area (Å²) >= 11 is 0. The third-order valence-electron chi connectivity index (χ3n) is 6.24. The van der Waals surface area contributed by atoms with E-state index in [0.717, 1.165) is 21.6 Å². The summed E-state index contributed by atoms with van der Waals surface area (Å²) in [5.74, 6) is -1.41. The lowest BCUT2D eigenvalue weighted by molar-refractivity contribution is -0.135. The highest BCUT2D eigenvalue weighted by Gasteiger charge is 2.51. The van der Waals surface area contributed by atoms with Crippen LogP contribution < -0.4 is 10.6 Å². The fraction of sp³-hybridized carbons (Fsp3) is 0.222. The standard InChI is InChI=1S/C27H26FN3O3/c1-3-27(22-13-15-23(28)16-14-22)25(33)31(26(34)30-27)17-24(32)29-18(2)19-9-11-21(12-10-19)20-7-5-4-6-8-20/h4-16,18H,3,17H2,1-2H3,(H,29,32)(H,30,34)/t18-,27-/m1/s1. The maximum absolute atomic E-state index is 13.4. The van der Waals surface area contributed by atoms with E-state index in [-0.39, 0.29) is 12.5 Å². The molecule has 0 unspecified atom stereocenters. The Labute approximate surface area is 197 Å². The third-order valence-corrected chi connectivity index (χ3v) is 6.24. The van der Waals surface area contributed by atoms with Gasteiger partial charge in [-0.2, -0.15) is 0 Å². The van der Waals surface area contributed by atoms with Gasteiger partial charge >= 0.3 is 6.03 Å². The van der Waals surface area contributed by atoms with E-state index in [0.29, 0.717) is 5.56 Å². The molecule has 3 aromatic rings. The molecular formula is C27H26FN3O3. The van der Waals surface area contributed by atoms with Gasteiger partial charge in [0.15, 0.2) is 0 Å². The fourth-order valence-electron chi connectivity index (χ4n) is 4.25. The second kappa shape index (κ2) is 9.47. The summed E-state index contributed by atoms with van der Waals surface area (Å²) in [7, 11) is 0. The lowest BCUT2D eigenvalue weighted by Crippen LogP contribution is -2.45. The van der Waals surface area contributed by atoms with E-state index in [1.807, 2.05) is 61.5 Å². The van der Waals surface area contributed by atoms with Crippen molar-refractivity contribution in [2.45, 2.75) is 31.8 Å². The van der Waals surface area contributed by atoms with Crippen molar-refractivity contribution in [3.05, 3.63) is 95.8 Å². The van der Waals surface area contributed by atoms with Crippen molar-refractivity contribution in [1.29, 1.82) is 0 Å². The molecule has 1 aliphatic rings. The smallest absolute Gasteiger partial charge is 0.325 e. The van der Waals surface area contributed by atoms with E-state index in [1.165, 1.54) is 24.3 Å². The second-order valence-corrected chi connectivity index (χ2v) is 8.36. The van der Waals surface area contributed by atoms with Crippen molar-refractivity contribution in [3.8, 4) is 11.1 Å². The number of nitrogens with one attached hydrogen (secondary N) is 2. The molecule has 0 bridgehead atoms. The summed E-state index contributed by atoms with van der Waals surface area (Å²) in [5, 5.41) is 5.55. The van der Waals surface area contributed by atoms with Gasteiger partial charge in [-0.05, 0) is 47.7 Å². The molecule has 0 aliphatic carbocycles. The monoisotopic (exact) mass is 459 g/mol. The zero-order valence-corrected chi connectivity index (χ0v) is 19.0. The number of amides is 4. The number of rotatable bonds is 7. The molecular weight excluding hydrogens is 433 g/mol. The normalized spacial score (nSPS) is 18.5. The number of nitrogens with zero attached hydrogens (tertiary/aromatic N) is 1. The van der Waals surface area contributed by atoms with E-state index in [4.69, 9.17) is 0 Å². The largest absolute Gasteiger partial charge is 0.348 e.